The van der Waals surface area contributed by atoms with E-state index in [-0.39, 0.29) is 21.8 Å². The van der Waals surface area contributed by atoms with Gasteiger partial charge < -0.3 is 5.32 Å². The van der Waals surface area contributed by atoms with Crippen molar-refractivity contribution in [3.8, 4) is 0 Å². The molecule has 28 heavy (non-hydrogen) atoms. The average molecular weight is 467 g/mol. The minimum Gasteiger partial charge on any atom is -0.319 e. The van der Waals surface area contributed by atoms with Gasteiger partial charge in [-0.3, -0.25) is 9.52 Å². The standard InChI is InChI=1S/C19H13BrF2N2O3S/c20-13-6-9-18(17(22)10-13)23-19(25)12-4-7-15(8-5-12)24-28(26,27)16-3-1-2-14(21)11-16/h1-11,24H,(H,23,25). The number of anilines is 2. The van der Waals surface area contributed by atoms with Gasteiger partial charge in [-0.05, 0) is 60.7 Å². The summed E-state index contributed by atoms with van der Waals surface area (Å²) in [5.41, 5.74) is 0.413. The minimum absolute atomic E-state index is 0.0177. The number of nitrogens with one attached hydrogen (secondary N) is 2. The molecule has 0 saturated heterocycles. The number of carbonyl (C=O) groups excluding carboxylic acids is 1. The van der Waals surface area contributed by atoms with E-state index >= 15 is 0 Å². The lowest BCUT2D eigenvalue weighted by Crippen LogP contribution is -2.15. The van der Waals surface area contributed by atoms with Crippen LogP contribution in [0.2, 0.25) is 0 Å². The van der Waals surface area contributed by atoms with Gasteiger partial charge in [0, 0.05) is 15.7 Å². The van der Waals surface area contributed by atoms with Crippen LogP contribution in [0.4, 0.5) is 20.2 Å². The van der Waals surface area contributed by atoms with Gasteiger partial charge in [-0.2, -0.15) is 0 Å². The van der Waals surface area contributed by atoms with E-state index < -0.39 is 27.6 Å². The lowest BCUT2D eigenvalue weighted by Gasteiger charge is -2.10. The third-order valence-corrected chi connectivity index (χ3v) is 5.56. The first-order valence-electron chi connectivity index (χ1n) is 7.89. The number of hydrogen-bond donors (Lipinski definition) is 2. The summed E-state index contributed by atoms with van der Waals surface area (Å²) in [4.78, 5) is 12.0. The summed E-state index contributed by atoms with van der Waals surface area (Å²) in [7, 11) is -3.97. The second-order valence-electron chi connectivity index (χ2n) is 5.72. The molecule has 0 aliphatic rings. The molecule has 3 rings (SSSR count). The maximum Gasteiger partial charge on any atom is 0.261 e. The van der Waals surface area contributed by atoms with E-state index in [9.17, 15) is 22.0 Å². The molecule has 3 aromatic carbocycles. The Balaban J connectivity index is 1.73. The number of halogens is 3. The van der Waals surface area contributed by atoms with Crippen molar-refractivity contribution in [1.29, 1.82) is 0 Å². The van der Waals surface area contributed by atoms with Crippen molar-refractivity contribution < 1.29 is 22.0 Å². The molecular formula is C19H13BrF2N2O3S. The summed E-state index contributed by atoms with van der Waals surface area (Å²) in [6, 6.07) is 14.3. The van der Waals surface area contributed by atoms with Crippen molar-refractivity contribution in [1.82, 2.24) is 0 Å². The highest BCUT2D eigenvalue weighted by atomic mass is 79.9. The van der Waals surface area contributed by atoms with Gasteiger partial charge in [0.05, 0.1) is 10.6 Å². The number of hydrogen-bond acceptors (Lipinski definition) is 3. The number of amides is 1. The Bertz CT molecular complexity index is 1140. The quantitative estimate of drug-likeness (QED) is 0.567. The van der Waals surface area contributed by atoms with Crippen LogP contribution in [0.3, 0.4) is 0 Å². The SMILES string of the molecule is O=C(Nc1ccc(Br)cc1F)c1ccc(NS(=O)(=O)c2cccc(F)c2)cc1. The Morgan fingerprint density at radius 1 is 0.929 bits per heavy atom. The molecule has 0 unspecified atom stereocenters. The molecule has 0 aliphatic carbocycles. The van der Waals surface area contributed by atoms with Crippen molar-refractivity contribution >= 4 is 43.2 Å². The molecule has 2 N–H and O–H groups in total. The summed E-state index contributed by atoms with van der Waals surface area (Å²) in [5.74, 6) is -1.82. The molecule has 0 atom stereocenters. The highest BCUT2D eigenvalue weighted by Crippen LogP contribution is 2.21. The molecule has 1 amide bonds. The summed E-state index contributed by atoms with van der Waals surface area (Å²) >= 11 is 3.13. The molecule has 0 fully saturated rings. The zero-order valence-corrected chi connectivity index (χ0v) is 16.5. The summed E-state index contributed by atoms with van der Waals surface area (Å²) in [6.45, 7) is 0. The Labute approximate surface area is 168 Å². The van der Waals surface area contributed by atoms with Crippen molar-refractivity contribution in [2.24, 2.45) is 0 Å². The molecule has 3 aromatic rings. The van der Waals surface area contributed by atoms with E-state index in [0.29, 0.717) is 4.47 Å². The smallest absolute Gasteiger partial charge is 0.261 e. The topological polar surface area (TPSA) is 75.3 Å². The van der Waals surface area contributed by atoms with E-state index in [1.807, 2.05) is 0 Å². The summed E-state index contributed by atoms with van der Waals surface area (Å²) in [6.07, 6.45) is 0. The third-order valence-electron chi connectivity index (χ3n) is 3.69. The summed E-state index contributed by atoms with van der Waals surface area (Å²) in [5, 5.41) is 2.44. The molecule has 0 spiro atoms. The van der Waals surface area contributed by atoms with E-state index in [2.05, 4.69) is 26.0 Å². The molecule has 9 heteroatoms. The van der Waals surface area contributed by atoms with Crippen LogP contribution in [0.25, 0.3) is 0 Å². The molecular weight excluding hydrogens is 454 g/mol. The van der Waals surface area contributed by atoms with E-state index in [1.54, 1.807) is 6.07 Å². The molecule has 0 aliphatic heterocycles. The van der Waals surface area contributed by atoms with Crippen molar-refractivity contribution in [3.05, 3.63) is 88.4 Å². The van der Waals surface area contributed by atoms with Crippen molar-refractivity contribution in [2.45, 2.75) is 4.90 Å². The number of sulfonamides is 1. The van der Waals surface area contributed by atoms with Crippen LogP contribution in [-0.4, -0.2) is 14.3 Å². The lowest BCUT2D eigenvalue weighted by atomic mass is 10.2. The molecule has 0 bridgehead atoms. The zero-order chi connectivity index (χ0) is 20.3. The van der Waals surface area contributed by atoms with E-state index in [0.717, 1.165) is 12.1 Å². The van der Waals surface area contributed by atoms with Gasteiger partial charge in [0.1, 0.15) is 11.6 Å². The fraction of sp³-hybridized carbons (Fsp3) is 0. The van der Waals surface area contributed by atoms with E-state index in [1.165, 1.54) is 48.5 Å². The maximum atomic E-state index is 13.8. The highest BCUT2D eigenvalue weighted by Gasteiger charge is 2.15. The van der Waals surface area contributed by atoms with Crippen LogP contribution in [0.1, 0.15) is 10.4 Å². The van der Waals surface area contributed by atoms with Crippen molar-refractivity contribution in [2.75, 3.05) is 10.0 Å². The van der Waals surface area contributed by atoms with Gasteiger partial charge in [-0.15, -0.1) is 0 Å². The van der Waals surface area contributed by atoms with Gasteiger partial charge in [-0.1, -0.05) is 22.0 Å². The number of carbonyl (C=O) groups is 1. The first-order valence-corrected chi connectivity index (χ1v) is 10.2. The molecule has 0 radical (unpaired) electrons. The maximum absolute atomic E-state index is 13.8. The fourth-order valence-corrected chi connectivity index (χ4v) is 3.75. The second-order valence-corrected chi connectivity index (χ2v) is 8.32. The normalized spacial score (nSPS) is 11.1. The first kappa shape index (κ1) is 20.0. The van der Waals surface area contributed by atoms with Crippen LogP contribution in [0.5, 0.6) is 0 Å². The first-order chi connectivity index (χ1) is 13.2. The van der Waals surface area contributed by atoms with Crippen LogP contribution in [0, 0.1) is 11.6 Å². The van der Waals surface area contributed by atoms with Crippen LogP contribution < -0.4 is 10.0 Å². The average Bonchev–Trinajstić information content (AvgIpc) is 2.64. The third kappa shape index (κ3) is 4.73. The highest BCUT2D eigenvalue weighted by molar-refractivity contribution is 9.10. The molecule has 144 valence electrons. The lowest BCUT2D eigenvalue weighted by molar-refractivity contribution is 0.102. The van der Waals surface area contributed by atoms with Crippen molar-refractivity contribution in [3.63, 3.8) is 0 Å². The Morgan fingerprint density at radius 3 is 2.29 bits per heavy atom. The predicted octanol–water partition coefficient (Wildman–Crippen LogP) is 4.78. The number of rotatable bonds is 5. The molecule has 0 aromatic heterocycles. The molecule has 0 saturated carbocycles. The van der Waals surface area contributed by atoms with Crippen LogP contribution in [0.15, 0.2) is 76.1 Å². The molecule has 5 nitrogen and oxygen atoms in total. The van der Waals surface area contributed by atoms with E-state index in [4.69, 9.17) is 0 Å². The monoisotopic (exact) mass is 466 g/mol. The second kappa shape index (κ2) is 8.07. The molecule has 0 heterocycles. The Morgan fingerprint density at radius 2 is 1.64 bits per heavy atom. The minimum atomic E-state index is -3.97. The fourth-order valence-electron chi connectivity index (χ4n) is 2.32. The Hall–Kier alpha value is -2.78. The van der Waals surface area contributed by atoms with Crippen LogP contribution >= 0.6 is 15.9 Å². The number of benzene rings is 3. The summed E-state index contributed by atoms with van der Waals surface area (Å²) < 4.78 is 54.5. The van der Waals surface area contributed by atoms with Gasteiger partial charge in [0.25, 0.3) is 15.9 Å². The Kier molecular flexibility index (Phi) is 5.76. The zero-order valence-electron chi connectivity index (χ0n) is 14.1. The predicted molar refractivity (Wildman–Crippen MR) is 106 cm³/mol. The van der Waals surface area contributed by atoms with Gasteiger partial charge in [-0.25, -0.2) is 17.2 Å². The van der Waals surface area contributed by atoms with Crippen LogP contribution in [-0.2, 0) is 10.0 Å². The van der Waals surface area contributed by atoms with Gasteiger partial charge >= 0.3 is 0 Å². The largest absolute Gasteiger partial charge is 0.319 e. The van der Waals surface area contributed by atoms with Gasteiger partial charge in [0.15, 0.2) is 0 Å². The van der Waals surface area contributed by atoms with Gasteiger partial charge in [0.2, 0.25) is 0 Å².